The van der Waals surface area contributed by atoms with Crippen molar-refractivity contribution in [3.05, 3.63) is 69.7 Å². The Morgan fingerprint density at radius 3 is 2.86 bits per heavy atom. The molecule has 1 unspecified atom stereocenters. The highest BCUT2D eigenvalue weighted by Gasteiger charge is 2.53. The van der Waals surface area contributed by atoms with Crippen LogP contribution >= 0.6 is 15.9 Å². The summed E-state index contributed by atoms with van der Waals surface area (Å²) in [7, 11) is 0. The lowest BCUT2D eigenvalue weighted by Gasteiger charge is -2.42. The van der Waals surface area contributed by atoms with Crippen LogP contribution in [0.3, 0.4) is 0 Å². The number of halogens is 1. The largest absolute Gasteiger partial charge is 0.335 e. The molecular formula is C25H29BrN2O. The first kappa shape index (κ1) is 19.3. The predicted molar refractivity (Wildman–Crippen MR) is 120 cm³/mol. The van der Waals surface area contributed by atoms with E-state index >= 15 is 0 Å². The molecule has 29 heavy (non-hydrogen) atoms. The molecule has 2 aromatic rings. The minimum absolute atomic E-state index is 0.0320. The number of benzene rings is 2. The van der Waals surface area contributed by atoms with Gasteiger partial charge in [-0.3, -0.25) is 4.79 Å². The highest BCUT2D eigenvalue weighted by Crippen LogP contribution is 2.48. The van der Waals surface area contributed by atoms with Crippen molar-refractivity contribution in [1.82, 2.24) is 10.2 Å². The molecule has 2 aromatic carbocycles. The fourth-order valence-corrected chi connectivity index (χ4v) is 6.38. The van der Waals surface area contributed by atoms with Gasteiger partial charge in [0.05, 0.1) is 12.0 Å². The fraction of sp³-hybridized carbons (Fsp3) is 0.480. The van der Waals surface area contributed by atoms with Gasteiger partial charge in [-0.25, -0.2) is 0 Å². The number of nitrogens with one attached hydrogen (secondary N) is 1. The Balaban J connectivity index is 1.48. The molecule has 1 N–H and O–H groups in total. The second-order valence-corrected chi connectivity index (χ2v) is 10.1. The van der Waals surface area contributed by atoms with Gasteiger partial charge >= 0.3 is 0 Å². The van der Waals surface area contributed by atoms with Crippen LogP contribution in [0.15, 0.2) is 53.0 Å². The summed E-state index contributed by atoms with van der Waals surface area (Å²) in [5.41, 5.74) is 4.04. The van der Waals surface area contributed by atoms with E-state index < -0.39 is 0 Å². The van der Waals surface area contributed by atoms with Crippen LogP contribution in [0.1, 0.15) is 48.9 Å². The summed E-state index contributed by atoms with van der Waals surface area (Å²) in [5, 5.41) is 3.58. The maximum absolute atomic E-state index is 14.0. The Bertz CT molecular complexity index is 914. The minimum atomic E-state index is -0.0442. The molecule has 3 nitrogen and oxygen atoms in total. The van der Waals surface area contributed by atoms with E-state index in [9.17, 15) is 4.79 Å². The van der Waals surface area contributed by atoms with Crippen molar-refractivity contribution in [2.75, 3.05) is 19.6 Å². The van der Waals surface area contributed by atoms with Crippen LogP contribution in [0, 0.1) is 11.8 Å². The lowest BCUT2D eigenvalue weighted by Crippen LogP contribution is -2.49. The molecule has 0 saturated carbocycles. The monoisotopic (exact) mass is 452 g/mol. The molecule has 152 valence electrons. The van der Waals surface area contributed by atoms with Crippen molar-refractivity contribution in [3.8, 4) is 0 Å². The Labute approximate surface area is 182 Å². The maximum atomic E-state index is 14.0. The third kappa shape index (κ3) is 3.25. The number of likely N-dealkylation sites (tertiary alicyclic amines) is 1. The highest BCUT2D eigenvalue weighted by molar-refractivity contribution is 9.10. The lowest BCUT2D eigenvalue weighted by atomic mass is 9.72. The number of carbonyl (C=O) groups is 1. The molecule has 1 aliphatic carbocycles. The van der Waals surface area contributed by atoms with Crippen molar-refractivity contribution in [2.45, 2.75) is 44.1 Å². The van der Waals surface area contributed by atoms with Gasteiger partial charge in [-0.2, -0.15) is 0 Å². The van der Waals surface area contributed by atoms with Gasteiger partial charge in [0.25, 0.3) is 0 Å². The van der Waals surface area contributed by atoms with E-state index in [0.29, 0.717) is 11.8 Å². The minimum Gasteiger partial charge on any atom is -0.335 e. The quantitative estimate of drug-likeness (QED) is 0.705. The Hall–Kier alpha value is -1.65. The normalized spacial score (nSPS) is 31.2. The summed E-state index contributed by atoms with van der Waals surface area (Å²) in [6, 6.07) is 17.5. The third-order valence-electron chi connectivity index (χ3n) is 7.53. The Morgan fingerprint density at radius 2 is 2.03 bits per heavy atom. The molecule has 3 aliphatic rings. The average molecular weight is 453 g/mol. The van der Waals surface area contributed by atoms with Crippen LogP contribution in [-0.4, -0.2) is 30.4 Å². The number of rotatable bonds is 2. The van der Waals surface area contributed by atoms with Gasteiger partial charge in [0, 0.05) is 29.5 Å². The van der Waals surface area contributed by atoms with Crippen molar-refractivity contribution in [1.29, 1.82) is 0 Å². The highest BCUT2D eigenvalue weighted by atomic mass is 79.9. The fourth-order valence-electron chi connectivity index (χ4n) is 5.97. The standard InChI is InChI=1S/C25H29BrN2O/c1-17-10-12-28(23(13-17)18-5-3-2-4-6-18)24(29)22-15-27-16-25(22)11-9-19-14-20(26)7-8-21(19)25/h2-8,14,17,22-23,27H,9-13,15-16H2,1H3/t17-,22+,23+,25?/m1/s1. The summed E-state index contributed by atoms with van der Waals surface area (Å²) >= 11 is 3.62. The van der Waals surface area contributed by atoms with Crippen LogP contribution in [-0.2, 0) is 16.6 Å². The molecule has 0 radical (unpaired) electrons. The van der Waals surface area contributed by atoms with Gasteiger partial charge in [-0.15, -0.1) is 0 Å². The first-order chi connectivity index (χ1) is 14.1. The number of nitrogens with zero attached hydrogens (tertiary/aromatic N) is 1. The van der Waals surface area contributed by atoms with Crippen LogP contribution in [0.5, 0.6) is 0 Å². The third-order valence-corrected chi connectivity index (χ3v) is 8.02. The van der Waals surface area contributed by atoms with Crippen molar-refractivity contribution in [2.24, 2.45) is 11.8 Å². The van der Waals surface area contributed by atoms with E-state index in [0.717, 1.165) is 49.8 Å². The molecule has 4 heteroatoms. The second kappa shape index (κ2) is 7.55. The molecule has 2 fully saturated rings. The maximum Gasteiger partial charge on any atom is 0.228 e. The molecule has 1 spiro atoms. The number of carbonyl (C=O) groups excluding carboxylic acids is 1. The number of hydrogen-bond donors (Lipinski definition) is 1. The zero-order valence-corrected chi connectivity index (χ0v) is 18.6. The SMILES string of the molecule is C[C@@H]1CCN(C(=O)[C@@H]2CNCC23CCc2cc(Br)ccc23)[C@H](c2ccccc2)C1. The number of piperidine rings is 1. The molecule has 5 rings (SSSR count). The summed E-state index contributed by atoms with van der Waals surface area (Å²) in [6.45, 7) is 4.90. The number of fused-ring (bicyclic) bond motifs is 2. The zero-order chi connectivity index (χ0) is 20.0. The average Bonchev–Trinajstić information content (AvgIpc) is 3.33. The van der Waals surface area contributed by atoms with E-state index in [4.69, 9.17) is 0 Å². The summed E-state index contributed by atoms with van der Waals surface area (Å²) in [5.74, 6) is 1.04. The van der Waals surface area contributed by atoms with Crippen LogP contribution in [0.2, 0.25) is 0 Å². The number of aryl methyl sites for hydroxylation is 1. The van der Waals surface area contributed by atoms with Gasteiger partial charge in [0.2, 0.25) is 5.91 Å². The molecule has 1 amide bonds. The van der Waals surface area contributed by atoms with Gasteiger partial charge in [-0.1, -0.05) is 59.3 Å². The van der Waals surface area contributed by atoms with E-state index in [1.54, 1.807) is 0 Å². The van der Waals surface area contributed by atoms with Crippen molar-refractivity contribution in [3.63, 3.8) is 0 Å². The van der Waals surface area contributed by atoms with Crippen molar-refractivity contribution >= 4 is 21.8 Å². The molecule has 2 aliphatic heterocycles. The topological polar surface area (TPSA) is 32.3 Å². The molecule has 2 saturated heterocycles. The molecule has 2 heterocycles. The Morgan fingerprint density at radius 1 is 1.21 bits per heavy atom. The zero-order valence-electron chi connectivity index (χ0n) is 17.0. The van der Waals surface area contributed by atoms with Gasteiger partial charge in [0.15, 0.2) is 0 Å². The van der Waals surface area contributed by atoms with Gasteiger partial charge in [0.1, 0.15) is 0 Å². The first-order valence-electron chi connectivity index (χ1n) is 10.9. The molecule has 0 aromatic heterocycles. The van der Waals surface area contributed by atoms with Crippen LogP contribution in [0.4, 0.5) is 0 Å². The summed E-state index contributed by atoms with van der Waals surface area (Å²) < 4.78 is 1.14. The van der Waals surface area contributed by atoms with Crippen LogP contribution < -0.4 is 5.32 Å². The Kier molecular flexibility index (Phi) is 5.03. The van der Waals surface area contributed by atoms with E-state index in [2.05, 4.69) is 81.6 Å². The van der Waals surface area contributed by atoms with Gasteiger partial charge < -0.3 is 10.2 Å². The lowest BCUT2D eigenvalue weighted by molar-refractivity contribution is -0.141. The summed E-state index contributed by atoms with van der Waals surface area (Å²) in [4.78, 5) is 16.2. The number of amides is 1. The summed E-state index contributed by atoms with van der Waals surface area (Å²) in [6.07, 6.45) is 4.31. The van der Waals surface area contributed by atoms with E-state index in [1.165, 1.54) is 16.7 Å². The first-order valence-corrected chi connectivity index (χ1v) is 11.7. The van der Waals surface area contributed by atoms with E-state index in [1.807, 2.05) is 0 Å². The molecular weight excluding hydrogens is 424 g/mol. The molecule has 4 atom stereocenters. The predicted octanol–water partition coefficient (Wildman–Crippen LogP) is 4.85. The van der Waals surface area contributed by atoms with Crippen molar-refractivity contribution < 1.29 is 4.79 Å². The van der Waals surface area contributed by atoms with Crippen LogP contribution in [0.25, 0.3) is 0 Å². The smallest absolute Gasteiger partial charge is 0.228 e. The van der Waals surface area contributed by atoms with E-state index in [-0.39, 0.29) is 17.4 Å². The van der Waals surface area contributed by atoms with Gasteiger partial charge in [-0.05, 0) is 60.4 Å². The molecule has 0 bridgehead atoms. The second-order valence-electron chi connectivity index (χ2n) is 9.23. The number of hydrogen-bond acceptors (Lipinski definition) is 2.